The number of rotatable bonds is 7. The number of aromatic nitrogens is 3. The molecular formula is C18H35IN6O2. The van der Waals surface area contributed by atoms with Gasteiger partial charge >= 0.3 is 0 Å². The van der Waals surface area contributed by atoms with Gasteiger partial charge in [-0.2, -0.15) is 5.10 Å². The minimum absolute atomic E-state index is 0. The zero-order chi connectivity index (χ0) is 19.2. The molecule has 2 unspecified atom stereocenters. The summed E-state index contributed by atoms with van der Waals surface area (Å²) in [5, 5.41) is 11.4. The van der Waals surface area contributed by atoms with Gasteiger partial charge in [0.1, 0.15) is 12.4 Å². The molecule has 0 fully saturated rings. The molecule has 2 atom stereocenters. The molecule has 2 N–H and O–H groups in total. The first-order chi connectivity index (χ1) is 12.4. The molecule has 156 valence electrons. The number of ether oxygens (including phenoxy) is 2. The molecule has 2 rings (SSSR count). The Hall–Kier alpha value is -0.940. The lowest BCUT2D eigenvalue weighted by atomic mass is 9.89. The largest absolute Gasteiger partial charge is 0.379 e. The van der Waals surface area contributed by atoms with E-state index in [1.165, 1.54) is 0 Å². The summed E-state index contributed by atoms with van der Waals surface area (Å²) >= 11 is 0. The van der Waals surface area contributed by atoms with Gasteiger partial charge in [0.15, 0.2) is 11.8 Å². The Morgan fingerprint density at radius 1 is 1.37 bits per heavy atom. The molecule has 1 aromatic rings. The van der Waals surface area contributed by atoms with Crippen molar-refractivity contribution in [3.8, 4) is 0 Å². The number of halogens is 1. The van der Waals surface area contributed by atoms with Crippen molar-refractivity contribution in [1.29, 1.82) is 0 Å². The van der Waals surface area contributed by atoms with Gasteiger partial charge in [0, 0.05) is 33.2 Å². The highest BCUT2D eigenvalue weighted by Gasteiger charge is 2.25. The van der Waals surface area contributed by atoms with Gasteiger partial charge in [0.2, 0.25) is 0 Å². The van der Waals surface area contributed by atoms with Crippen LogP contribution in [0.15, 0.2) is 4.99 Å². The van der Waals surface area contributed by atoms with E-state index < -0.39 is 0 Å². The van der Waals surface area contributed by atoms with E-state index in [9.17, 15) is 0 Å². The van der Waals surface area contributed by atoms with E-state index in [-0.39, 0.29) is 41.5 Å². The summed E-state index contributed by atoms with van der Waals surface area (Å²) in [7, 11) is 3.41. The van der Waals surface area contributed by atoms with E-state index in [1.807, 2.05) is 4.68 Å². The van der Waals surface area contributed by atoms with Crippen molar-refractivity contribution in [2.45, 2.75) is 65.8 Å². The van der Waals surface area contributed by atoms with Crippen LogP contribution in [-0.2, 0) is 29.0 Å². The van der Waals surface area contributed by atoms with Crippen molar-refractivity contribution in [2.75, 3.05) is 27.3 Å². The lowest BCUT2D eigenvalue weighted by molar-refractivity contribution is 0.0241. The molecule has 2 heterocycles. The Balaban J connectivity index is 0.00000364. The fourth-order valence-corrected chi connectivity index (χ4v) is 3.06. The van der Waals surface area contributed by atoms with Crippen molar-refractivity contribution in [1.82, 2.24) is 25.4 Å². The highest BCUT2D eigenvalue weighted by atomic mass is 127. The van der Waals surface area contributed by atoms with Crippen LogP contribution < -0.4 is 10.6 Å². The van der Waals surface area contributed by atoms with E-state index >= 15 is 0 Å². The predicted molar refractivity (Wildman–Crippen MR) is 118 cm³/mol. The third-order valence-electron chi connectivity index (χ3n) is 4.53. The smallest absolute Gasteiger partial charge is 0.191 e. The number of aryl methyl sites for hydroxylation is 1. The van der Waals surface area contributed by atoms with Crippen molar-refractivity contribution < 1.29 is 9.47 Å². The maximum Gasteiger partial charge on any atom is 0.191 e. The number of aliphatic imine (C=N–C) groups is 1. The van der Waals surface area contributed by atoms with Crippen LogP contribution in [0.5, 0.6) is 0 Å². The van der Waals surface area contributed by atoms with Gasteiger partial charge in [0.05, 0.1) is 19.2 Å². The summed E-state index contributed by atoms with van der Waals surface area (Å²) < 4.78 is 12.7. The van der Waals surface area contributed by atoms with Crippen molar-refractivity contribution in [3.05, 3.63) is 11.6 Å². The van der Waals surface area contributed by atoms with Gasteiger partial charge in [-0.3, -0.25) is 4.99 Å². The Morgan fingerprint density at radius 3 is 2.70 bits per heavy atom. The van der Waals surface area contributed by atoms with Crippen LogP contribution in [0, 0.1) is 5.41 Å². The second kappa shape index (κ2) is 11.2. The molecule has 0 bridgehead atoms. The summed E-state index contributed by atoms with van der Waals surface area (Å²) in [6, 6.07) is 0.271. The first-order valence-corrected chi connectivity index (χ1v) is 9.36. The van der Waals surface area contributed by atoms with Gasteiger partial charge < -0.3 is 20.1 Å². The summed E-state index contributed by atoms with van der Waals surface area (Å²) in [6.45, 7) is 11.2. The topological polar surface area (TPSA) is 85.6 Å². The number of methoxy groups -OCH3 is 2. The molecule has 0 spiro atoms. The zero-order valence-electron chi connectivity index (χ0n) is 17.4. The molecule has 1 aliphatic heterocycles. The Morgan fingerprint density at radius 2 is 2.11 bits per heavy atom. The van der Waals surface area contributed by atoms with E-state index in [4.69, 9.17) is 14.5 Å². The van der Waals surface area contributed by atoms with Crippen LogP contribution in [0.3, 0.4) is 0 Å². The fraction of sp³-hybridized carbons (Fsp3) is 0.833. The number of hydrogen-bond donors (Lipinski definition) is 2. The SMILES string of the molecule is CCNC(=NCC(OC)C(C)(C)C)NC1CCc2nc(COC)nn2C1.I. The number of nitrogens with zero attached hydrogens (tertiary/aromatic N) is 4. The first-order valence-electron chi connectivity index (χ1n) is 9.36. The highest BCUT2D eigenvalue weighted by molar-refractivity contribution is 14.0. The van der Waals surface area contributed by atoms with E-state index in [1.54, 1.807) is 14.2 Å². The lowest BCUT2D eigenvalue weighted by Crippen LogP contribution is -2.47. The number of guanidine groups is 1. The highest BCUT2D eigenvalue weighted by Crippen LogP contribution is 2.22. The summed E-state index contributed by atoms with van der Waals surface area (Å²) in [5.74, 6) is 2.60. The zero-order valence-corrected chi connectivity index (χ0v) is 19.7. The Bertz CT molecular complexity index is 599. The van der Waals surface area contributed by atoms with Gasteiger partial charge in [-0.05, 0) is 18.8 Å². The normalized spacial score (nSPS) is 18.4. The molecule has 8 nitrogen and oxygen atoms in total. The summed E-state index contributed by atoms with van der Waals surface area (Å²) in [6.07, 6.45) is 1.97. The summed E-state index contributed by atoms with van der Waals surface area (Å²) in [4.78, 5) is 9.26. The summed E-state index contributed by atoms with van der Waals surface area (Å²) in [5.41, 5.74) is 0.0494. The maximum atomic E-state index is 5.61. The second-order valence-corrected chi connectivity index (χ2v) is 7.75. The van der Waals surface area contributed by atoms with Gasteiger partial charge in [-0.25, -0.2) is 9.67 Å². The number of fused-ring (bicyclic) bond motifs is 1. The molecule has 0 amide bonds. The van der Waals surface area contributed by atoms with E-state index in [2.05, 4.69) is 48.4 Å². The fourth-order valence-electron chi connectivity index (χ4n) is 3.06. The number of hydrogen-bond acceptors (Lipinski definition) is 5. The van der Waals surface area contributed by atoms with Crippen molar-refractivity contribution >= 4 is 29.9 Å². The minimum Gasteiger partial charge on any atom is -0.379 e. The number of nitrogens with one attached hydrogen (secondary N) is 2. The Kier molecular flexibility index (Phi) is 9.96. The molecule has 9 heteroatoms. The van der Waals surface area contributed by atoms with Crippen LogP contribution >= 0.6 is 24.0 Å². The molecule has 0 saturated carbocycles. The van der Waals surface area contributed by atoms with Gasteiger partial charge in [-0.15, -0.1) is 24.0 Å². The second-order valence-electron chi connectivity index (χ2n) is 7.75. The third kappa shape index (κ3) is 7.19. The van der Waals surface area contributed by atoms with Gasteiger partial charge in [-0.1, -0.05) is 20.8 Å². The van der Waals surface area contributed by atoms with Crippen LogP contribution in [-0.4, -0.2) is 60.2 Å². The standard InChI is InChI=1S/C18H34N6O2.HI/c1-7-19-17(20-10-14(26-6)18(2,3)4)21-13-8-9-16-22-15(12-25-5)23-24(16)11-13;/h13-14H,7-12H2,1-6H3,(H2,19,20,21);1H. The third-order valence-corrected chi connectivity index (χ3v) is 4.53. The van der Waals surface area contributed by atoms with Gasteiger partial charge in [0.25, 0.3) is 0 Å². The Labute approximate surface area is 179 Å². The van der Waals surface area contributed by atoms with Crippen molar-refractivity contribution in [2.24, 2.45) is 10.4 Å². The molecule has 27 heavy (non-hydrogen) atoms. The van der Waals surface area contributed by atoms with Crippen LogP contribution in [0.25, 0.3) is 0 Å². The lowest BCUT2D eigenvalue weighted by Gasteiger charge is -2.29. The molecule has 1 aromatic heterocycles. The molecule has 0 aliphatic carbocycles. The quantitative estimate of drug-likeness (QED) is 0.343. The molecule has 0 saturated heterocycles. The van der Waals surface area contributed by atoms with Crippen LogP contribution in [0.2, 0.25) is 0 Å². The average Bonchev–Trinajstić information content (AvgIpc) is 2.96. The van der Waals surface area contributed by atoms with E-state index in [0.717, 1.165) is 43.5 Å². The maximum absolute atomic E-state index is 5.61. The van der Waals surface area contributed by atoms with E-state index in [0.29, 0.717) is 13.2 Å². The molecule has 1 aliphatic rings. The molecule has 0 aromatic carbocycles. The van der Waals surface area contributed by atoms with Crippen LogP contribution in [0.1, 0.15) is 45.8 Å². The van der Waals surface area contributed by atoms with Crippen molar-refractivity contribution in [3.63, 3.8) is 0 Å². The average molecular weight is 494 g/mol. The first kappa shape index (κ1) is 24.1. The predicted octanol–water partition coefficient (Wildman–Crippen LogP) is 1.97. The molecule has 0 radical (unpaired) electrons. The van der Waals surface area contributed by atoms with Crippen LogP contribution in [0.4, 0.5) is 0 Å². The molecular weight excluding hydrogens is 459 g/mol. The monoisotopic (exact) mass is 494 g/mol. The minimum atomic E-state index is 0.